The van der Waals surface area contributed by atoms with Crippen molar-refractivity contribution in [3.8, 4) is 11.8 Å². The molecular weight excluding hydrogens is 563 g/mol. The molecule has 11 nitrogen and oxygen atoms in total. The summed E-state index contributed by atoms with van der Waals surface area (Å²) in [4.78, 5) is 41.2. The van der Waals surface area contributed by atoms with E-state index in [1.165, 1.54) is 47.0 Å². The van der Waals surface area contributed by atoms with Gasteiger partial charge in [-0.1, -0.05) is 44.3 Å². The summed E-state index contributed by atoms with van der Waals surface area (Å²) in [5.41, 5.74) is 0.517. The fourth-order valence-electron chi connectivity index (χ4n) is 4.04. The third-order valence-electron chi connectivity index (χ3n) is 7.20. The SMILES string of the molecule is C[C@@H](O[Si](C)(C)C(C)(C)C)[C@H]1C(=O)N2C(C(=O)OCc3ccc([N+](=O)[O-])cc3)=C(Sc3cc(O)[nH]c3O)S[C@H]12. The average Bonchev–Trinajstić information content (AvgIpc) is 3.32. The Morgan fingerprint density at radius 3 is 2.46 bits per heavy atom. The zero-order valence-corrected chi connectivity index (χ0v) is 25.0. The Morgan fingerprint density at radius 1 is 1.28 bits per heavy atom. The van der Waals surface area contributed by atoms with Gasteiger partial charge >= 0.3 is 5.97 Å². The number of aromatic nitrogens is 1. The molecule has 3 atom stereocenters. The number of benzene rings is 1. The number of ether oxygens (including phenoxy) is 1. The van der Waals surface area contributed by atoms with Crippen LogP contribution in [0.15, 0.2) is 45.2 Å². The number of carbonyl (C=O) groups is 2. The molecular formula is C25H31N3O8S2Si. The van der Waals surface area contributed by atoms with Gasteiger partial charge < -0.3 is 19.4 Å². The summed E-state index contributed by atoms with van der Waals surface area (Å²) in [6.07, 6.45) is -0.376. The summed E-state index contributed by atoms with van der Waals surface area (Å²) >= 11 is 2.35. The van der Waals surface area contributed by atoms with Gasteiger partial charge in [0.05, 0.1) is 26.1 Å². The second-order valence-corrected chi connectivity index (χ2v) is 18.1. The largest absolute Gasteiger partial charge is 0.494 e. The molecule has 1 amide bonds. The molecule has 2 aliphatic rings. The summed E-state index contributed by atoms with van der Waals surface area (Å²) in [5, 5.41) is 30.3. The zero-order chi connectivity index (χ0) is 28.9. The van der Waals surface area contributed by atoms with Gasteiger partial charge in [0.15, 0.2) is 19.9 Å². The molecule has 1 aromatic heterocycles. The number of nitrogens with zero attached hydrogens (tertiary/aromatic N) is 2. The average molecular weight is 594 g/mol. The zero-order valence-electron chi connectivity index (χ0n) is 22.4. The molecule has 1 fully saturated rings. The molecule has 0 unspecified atom stereocenters. The molecule has 0 aliphatic carbocycles. The van der Waals surface area contributed by atoms with E-state index in [0.29, 0.717) is 9.80 Å². The number of thioether (sulfide) groups is 2. The van der Waals surface area contributed by atoms with E-state index < -0.39 is 30.5 Å². The minimum atomic E-state index is -2.17. The number of rotatable bonds is 9. The Kier molecular flexibility index (Phi) is 7.86. The number of nitro benzene ring substituents is 1. The molecule has 0 bridgehead atoms. The van der Waals surface area contributed by atoms with Gasteiger partial charge in [-0.3, -0.25) is 24.8 Å². The first-order chi connectivity index (χ1) is 18.1. The number of nitro groups is 1. The molecule has 210 valence electrons. The maximum Gasteiger partial charge on any atom is 0.357 e. The standard InChI is InChI=1S/C25H31N3O8S2Si/c1-13(36-39(5,6)25(2,3)4)18-21(31)27-19(23(32)35-12-14-7-9-15(10-8-14)28(33)34)24(38-22(18)27)37-16-11-17(29)26-20(16)30/h7-11,13,18,22,26,29-30H,12H2,1-6H3/t13-,18+,22-/m1/s1. The highest BCUT2D eigenvalue weighted by Gasteiger charge is 2.59. The van der Waals surface area contributed by atoms with E-state index in [1.807, 2.05) is 6.92 Å². The van der Waals surface area contributed by atoms with Crippen LogP contribution in [0.2, 0.25) is 18.1 Å². The van der Waals surface area contributed by atoms with Gasteiger partial charge in [-0.2, -0.15) is 0 Å². The lowest BCUT2D eigenvalue weighted by Crippen LogP contribution is -2.62. The van der Waals surface area contributed by atoms with Gasteiger partial charge in [0.2, 0.25) is 11.8 Å². The lowest BCUT2D eigenvalue weighted by molar-refractivity contribution is -0.384. The number of fused-ring (bicyclic) bond motifs is 1. The molecule has 0 saturated carbocycles. The highest BCUT2D eigenvalue weighted by atomic mass is 32.2. The minimum absolute atomic E-state index is 0.0452. The van der Waals surface area contributed by atoms with E-state index in [2.05, 4.69) is 38.8 Å². The van der Waals surface area contributed by atoms with Crippen LogP contribution in [-0.2, 0) is 25.4 Å². The first-order valence-corrected chi connectivity index (χ1v) is 16.8. The van der Waals surface area contributed by atoms with Crippen LogP contribution in [0.3, 0.4) is 0 Å². The summed E-state index contributed by atoms with van der Waals surface area (Å²) in [5.74, 6) is -1.98. The second kappa shape index (κ2) is 10.6. The monoisotopic (exact) mass is 593 g/mol. The van der Waals surface area contributed by atoms with Crippen molar-refractivity contribution in [3.05, 3.63) is 55.9 Å². The number of carbonyl (C=O) groups excluding carboxylic acids is 2. The first kappa shape index (κ1) is 29.0. The molecule has 2 aliphatic heterocycles. The van der Waals surface area contributed by atoms with Gasteiger partial charge in [-0.25, -0.2) is 4.79 Å². The van der Waals surface area contributed by atoms with E-state index in [4.69, 9.17) is 9.16 Å². The van der Waals surface area contributed by atoms with Crippen molar-refractivity contribution >= 4 is 49.4 Å². The molecule has 1 aromatic carbocycles. The summed E-state index contributed by atoms with van der Waals surface area (Å²) in [6.45, 7) is 12.3. The molecule has 0 spiro atoms. The van der Waals surface area contributed by atoms with Crippen LogP contribution < -0.4 is 0 Å². The van der Waals surface area contributed by atoms with Crippen molar-refractivity contribution in [2.24, 2.45) is 5.92 Å². The van der Waals surface area contributed by atoms with E-state index in [0.717, 1.165) is 11.8 Å². The van der Waals surface area contributed by atoms with Gasteiger partial charge in [0.25, 0.3) is 5.69 Å². The van der Waals surface area contributed by atoms with E-state index in [1.54, 1.807) is 0 Å². The van der Waals surface area contributed by atoms with E-state index in [9.17, 15) is 29.9 Å². The van der Waals surface area contributed by atoms with Crippen molar-refractivity contribution in [2.75, 3.05) is 0 Å². The molecule has 0 radical (unpaired) electrons. The van der Waals surface area contributed by atoms with E-state index >= 15 is 0 Å². The number of hydrogen-bond donors (Lipinski definition) is 3. The smallest absolute Gasteiger partial charge is 0.357 e. The Morgan fingerprint density at radius 2 is 1.92 bits per heavy atom. The molecule has 39 heavy (non-hydrogen) atoms. The Hall–Kier alpha value is -2.94. The quantitative estimate of drug-likeness (QED) is 0.115. The fraction of sp³-hybridized carbons (Fsp3) is 0.440. The van der Waals surface area contributed by atoms with Crippen LogP contribution >= 0.6 is 23.5 Å². The number of hydrogen-bond acceptors (Lipinski definition) is 10. The van der Waals surface area contributed by atoms with Crippen molar-refractivity contribution in [3.63, 3.8) is 0 Å². The number of esters is 1. The van der Waals surface area contributed by atoms with Crippen molar-refractivity contribution in [1.29, 1.82) is 0 Å². The molecule has 3 heterocycles. The van der Waals surface area contributed by atoms with Gasteiger partial charge in [-0.05, 0) is 42.8 Å². The number of H-pyrrole nitrogens is 1. The maximum absolute atomic E-state index is 13.4. The van der Waals surface area contributed by atoms with Crippen LogP contribution in [-0.4, -0.2) is 56.7 Å². The predicted octanol–water partition coefficient (Wildman–Crippen LogP) is 5.28. The number of nitrogens with one attached hydrogen (secondary N) is 1. The normalized spacial score (nSPS) is 20.1. The third kappa shape index (κ3) is 5.69. The Bertz CT molecular complexity index is 1340. The lowest BCUT2D eigenvalue weighted by Gasteiger charge is -2.48. The number of amides is 1. The molecule has 3 N–H and O–H groups in total. The number of aromatic amines is 1. The fourth-order valence-corrected chi connectivity index (χ4v) is 8.33. The highest BCUT2D eigenvalue weighted by molar-refractivity contribution is 8.22. The molecule has 2 aromatic rings. The van der Waals surface area contributed by atoms with Crippen molar-refractivity contribution in [1.82, 2.24) is 9.88 Å². The van der Waals surface area contributed by atoms with Crippen LogP contribution in [0.5, 0.6) is 11.8 Å². The van der Waals surface area contributed by atoms with Crippen molar-refractivity contribution in [2.45, 2.75) is 68.8 Å². The minimum Gasteiger partial charge on any atom is -0.494 e. The number of β-lactam (4-membered cyclic amide) rings is 1. The van der Waals surface area contributed by atoms with Crippen LogP contribution in [0.25, 0.3) is 0 Å². The summed E-state index contributed by atoms with van der Waals surface area (Å²) in [7, 11) is -2.17. The number of aromatic hydroxyl groups is 2. The maximum atomic E-state index is 13.4. The molecule has 4 rings (SSSR count). The molecule has 1 saturated heterocycles. The van der Waals surface area contributed by atoms with Crippen molar-refractivity contribution < 1.29 is 33.9 Å². The topological polar surface area (TPSA) is 155 Å². The molecule has 14 heteroatoms. The van der Waals surface area contributed by atoms with Gasteiger partial charge in [0, 0.05) is 18.2 Å². The van der Waals surface area contributed by atoms with Gasteiger partial charge in [0.1, 0.15) is 12.0 Å². The van der Waals surface area contributed by atoms with E-state index in [-0.39, 0.29) is 51.7 Å². The predicted molar refractivity (Wildman–Crippen MR) is 149 cm³/mol. The van der Waals surface area contributed by atoms with Crippen LogP contribution in [0.4, 0.5) is 5.69 Å². The lowest BCUT2D eigenvalue weighted by atomic mass is 9.92. The van der Waals surface area contributed by atoms with Crippen LogP contribution in [0, 0.1) is 16.0 Å². The Balaban J connectivity index is 1.56. The second-order valence-electron chi connectivity index (χ2n) is 10.9. The Labute approximate surface area is 235 Å². The summed E-state index contributed by atoms with van der Waals surface area (Å²) in [6, 6.07) is 6.95. The van der Waals surface area contributed by atoms with Gasteiger partial charge in [-0.15, -0.1) is 0 Å². The highest BCUT2D eigenvalue weighted by Crippen LogP contribution is 2.57. The first-order valence-electron chi connectivity index (χ1n) is 12.2. The van der Waals surface area contributed by atoms with Crippen LogP contribution in [0.1, 0.15) is 33.3 Å². The summed E-state index contributed by atoms with van der Waals surface area (Å²) < 4.78 is 12.4. The number of non-ortho nitro benzene ring substituents is 1. The third-order valence-corrected chi connectivity index (χ3v) is 14.4.